The Labute approximate surface area is 67.4 Å². The van der Waals surface area contributed by atoms with Gasteiger partial charge in [0.2, 0.25) is 0 Å². The first-order chi connectivity index (χ1) is 5.29. The van der Waals surface area contributed by atoms with E-state index in [9.17, 15) is 5.11 Å². The van der Waals surface area contributed by atoms with Crippen LogP contribution >= 0.6 is 0 Å². The van der Waals surface area contributed by atoms with Crippen molar-refractivity contribution in [2.45, 2.75) is 32.6 Å². The van der Waals surface area contributed by atoms with Crippen molar-refractivity contribution in [3.05, 3.63) is 23.0 Å². The third-order valence-electron chi connectivity index (χ3n) is 2.78. The quantitative estimate of drug-likeness (QED) is 0.563. The summed E-state index contributed by atoms with van der Waals surface area (Å²) in [6.07, 6.45) is 6.85. The maximum atomic E-state index is 9.50. The number of allylic oxidation sites excluding steroid dienone is 3. The Kier molecular flexibility index (Phi) is 1.52. The lowest BCUT2D eigenvalue weighted by Crippen LogP contribution is -2.00. The molecule has 2 aliphatic carbocycles. The van der Waals surface area contributed by atoms with Crippen LogP contribution in [0.3, 0.4) is 0 Å². The fraction of sp³-hybridized carbons (Fsp3) is 0.600. The summed E-state index contributed by atoms with van der Waals surface area (Å²) in [6.45, 7) is 2.17. The molecule has 0 radical (unpaired) electrons. The van der Waals surface area contributed by atoms with Gasteiger partial charge >= 0.3 is 0 Å². The van der Waals surface area contributed by atoms with Crippen LogP contribution in [0.15, 0.2) is 23.0 Å². The number of aliphatic hydroxyl groups excluding tert-OH is 1. The lowest BCUT2D eigenvalue weighted by atomic mass is 9.89. The van der Waals surface area contributed by atoms with Gasteiger partial charge in [0.15, 0.2) is 0 Å². The molecule has 1 atom stereocenters. The number of hydrogen-bond donors (Lipinski definition) is 1. The van der Waals surface area contributed by atoms with Crippen LogP contribution in [-0.2, 0) is 0 Å². The van der Waals surface area contributed by atoms with Gasteiger partial charge in [-0.15, -0.1) is 0 Å². The topological polar surface area (TPSA) is 20.2 Å². The lowest BCUT2D eigenvalue weighted by Gasteiger charge is -2.16. The van der Waals surface area contributed by atoms with Crippen LogP contribution in [0.4, 0.5) is 0 Å². The lowest BCUT2D eigenvalue weighted by molar-refractivity contribution is 0.416. The molecule has 0 spiro atoms. The number of rotatable bonds is 0. The Bertz CT molecular complexity index is 235. The van der Waals surface area contributed by atoms with Crippen molar-refractivity contribution in [2.24, 2.45) is 5.92 Å². The highest BCUT2D eigenvalue weighted by Crippen LogP contribution is 2.38. The van der Waals surface area contributed by atoms with Gasteiger partial charge in [0.25, 0.3) is 0 Å². The molecule has 0 aliphatic heterocycles. The Morgan fingerprint density at radius 3 is 2.82 bits per heavy atom. The molecule has 0 aromatic heterocycles. The van der Waals surface area contributed by atoms with E-state index in [-0.39, 0.29) is 0 Å². The van der Waals surface area contributed by atoms with Gasteiger partial charge in [0, 0.05) is 0 Å². The van der Waals surface area contributed by atoms with Crippen molar-refractivity contribution in [1.29, 1.82) is 0 Å². The second-order valence-electron chi connectivity index (χ2n) is 3.55. The van der Waals surface area contributed by atoms with Crippen LogP contribution in [0.5, 0.6) is 0 Å². The molecule has 0 aromatic rings. The molecule has 0 bridgehead atoms. The fourth-order valence-corrected chi connectivity index (χ4v) is 2.16. The van der Waals surface area contributed by atoms with Gasteiger partial charge in [-0.2, -0.15) is 0 Å². The van der Waals surface area contributed by atoms with E-state index in [1.165, 1.54) is 30.4 Å². The van der Waals surface area contributed by atoms with Gasteiger partial charge in [-0.3, -0.25) is 0 Å². The third kappa shape index (κ3) is 0.991. The molecule has 0 saturated heterocycles. The molecule has 11 heavy (non-hydrogen) atoms. The summed E-state index contributed by atoms with van der Waals surface area (Å²) in [6, 6.07) is 0. The monoisotopic (exact) mass is 150 g/mol. The first-order valence-electron chi connectivity index (χ1n) is 4.42. The minimum Gasteiger partial charge on any atom is -0.508 e. The minimum atomic E-state index is 0.505. The summed E-state index contributed by atoms with van der Waals surface area (Å²) in [4.78, 5) is 0. The third-order valence-corrected chi connectivity index (χ3v) is 2.78. The van der Waals surface area contributed by atoms with E-state index in [1.807, 2.05) is 6.08 Å². The van der Waals surface area contributed by atoms with Crippen molar-refractivity contribution >= 4 is 0 Å². The Hall–Kier alpha value is -0.720. The minimum absolute atomic E-state index is 0.505. The molecular weight excluding hydrogens is 136 g/mol. The van der Waals surface area contributed by atoms with Crippen molar-refractivity contribution in [1.82, 2.24) is 0 Å². The molecule has 2 rings (SSSR count). The summed E-state index contributed by atoms with van der Waals surface area (Å²) in [5.41, 5.74) is 2.75. The van der Waals surface area contributed by atoms with Gasteiger partial charge < -0.3 is 5.11 Å². The van der Waals surface area contributed by atoms with E-state index in [4.69, 9.17) is 0 Å². The molecule has 0 heterocycles. The predicted molar refractivity (Wildman–Crippen MR) is 45.4 cm³/mol. The maximum absolute atomic E-state index is 9.50. The largest absolute Gasteiger partial charge is 0.508 e. The molecule has 0 unspecified atom stereocenters. The average Bonchev–Trinajstić information content (AvgIpc) is 2.30. The Morgan fingerprint density at radius 2 is 2.09 bits per heavy atom. The molecule has 2 aliphatic rings. The van der Waals surface area contributed by atoms with Gasteiger partial charge in [-0.1, -0.05) is 12.5 Å². The number of aliphatic hydroxyl groups is 1. The second kappa shape index (κ2) is 2.40. The summed E-state index contributed by atoms with van der Waals surface area (Å²) >= 11 is 0. The van der Waals surface area contributed by atoms with Crippen LogP contribution < -0.4 is 0 Å². The summed E-state index contributed by atoms with van der Waals surface area (Å²) < 4.78 is 0. The Balaban J connectivity index is 2.34. The summed E-state index contributed by atoms with van der Waals surface area (Å²) in [5.74, 6) is 1.07. The number of hydrogen-bond acceptors (Lipinski definition) is 1. The van der Waals surface area contributed by atoms with Crippen LogP contribution in [0.1, 0.15) is 32.6 Å². The summed E-state index contributed by atoms with van der Waals surface area (Å²) in [7, 11) is 0. The van der Waals surface area contributed by atoms with Gasteiger partial charge in [0.05, 0.1) is 0 Å². The van der Waals surface area contributed by atoms with E-state index in [1.54, 1.807) is 0 Å². The zero-order valence-corrected chi connectivity index (χ0v) is 6.93. The highest BCUT2D eigenvalue weighted by molar-refractivity contribution is 5.41. The molecule has 0 amide bonds. The van der Waals surface area contributed by atoms with Crippen molar-refractivity contribution in [3.8, 4) is 0 Å². The average molecular weight is 150 g/mol. The van der Waals surface area contributed by atoms with E-state index < -0.39 is 0 Å². The zero-order valence-electron chi connectivity index (χ0n) is 6.93. The molecule has 1 N–H and O–H groups in total. The zero-order chi connectivity index (χ0) is 7.84. The Morgan fingerprint density at radius 1 is 1.36 bits per heavy atom. The first-order valence-corrected chi connectivity index (χ1v) is 4.42. The van der Waals surface area contributed by atoms with Crippen LogP contribution in [0, 0.1) is 5.92 Å². The summed E-state index contributed by atoms with van der Waals surface area (Å²) in [5, 5.41) is 9.50. The van der Waals surface area contributed by atoms with Gasteiger partial charge in [0.1, 0.15) is 5.76 Å². The molecule has 1 nitrogen and oxygen atoms in total. The first kappa shape index (κ1) is 6.96. The molecule has 0 fully saturated rings. The van der Waals surface area contributed by atoms with Crippen molar-refractivity contribution in [2.75, 3.05) is 0 Å². The molecule has 60 valence electrons. The standard InChI is InChI=1S/C10H14O/c1-7-6-10(11)9-5-3-2-4-8(7)9/h6-7,11H,2-5H2,1H3/t7-/m0/s1. The van der Waals surface area contributed by atoms with E-state index >= 15 is 0 Å². The van der Waals surface area contributed by atoms with Crippen LogP contribution in [0.2, 0.25) is 0 Å². The van der Waals surface area contributed by atoms with E-state index in [0.717, 1.165) is 6.42 Å². The second-order valence-corrected chi connectivity index (χ2v) is 3.55. The molecule has 1 heteroatoms. The highest BCUT2D eigenvalue weighted by Gasteiger charge is 2.24. The normalized spacial score (nSPS) is 30.3. The molecule has 0 saturated carbocycles. The van der Waals surface area contributed by atoms with Crippen molar-refractivity contribution < 1.29 is 5.11 Å². The highest BCUT2D eigenvalue weighted by atomic mass is 16.3. The van der Waals surface area contributed by atoms with Gasteiger partial charge in [-0.05, 0) is 43.3 Å². The van der Waals surface area contributed by atoms with E-state index in [0.29, 0.717) is 11.7 Å². The fourth-order valence-electron chi connectivity index (χ4n) is 2.16. The van der Waals surface area contributed by atoms with Crippen LogP contribution in [0.25, 0.3) is 0 Å². The van der Waals surface area contributed by atoms with E-state index in [2.05, 4.69) is 6.92 Å². The van der Waals surface area contributed by atoms with Crippen molar-refractivity contribution in [3.63, 3.8) is 0 Å². The van der Waals surface area contributed by atoms with Gasteiger partial charge in [-0.25, -0.2) is 0 Å². The SMILES string of the molecule is C[C@H]1C=C(O)C2=C1CCCC2. The maximum Gasteiger partial charge on any atom is 0.115 e. The molecule has 0 aromatic carbocycles. The molecular formula is C10H14O. The predicted octanol–water partition coefficient (Wildman–Crippen LogP) is 2.95. The van der Waals surface area contributed by atoms with Crippen LogP contribution in [-0.4, -0.2) is 5.11 Å². The smallest absolute Gasteiger partial charge is 0.115 e.